The molecule has 0 saturated carbocycles. The Morgan fingerprint density at radius 1 is 0.952 bits per heavy atom. The van der Waals surface area contributed by atoms with Gasteiger partial charge < -0.3 is 9.53 Å². The van der Waals surface area contributed by atoms with Gasteiger partial charge in [0.1, 0.15) is 0 Å². The molecule has 0 aliphatic carbocycles. The highest BCUT2D eigenvalue weighted by Crippen LogP contribution is 2.51. The smallest absolute Gasteiger partial charge is 0.331 e. The molecule has 0 heterocycles. The molecule has 5 heteroatoms. The fraction of sp³-hybridized carbons (Fsp3) is 0.750. The minimum absolute atomic E-state index is 0.0457. The highest BCUT2D eigenvalue weighted by molar-refractivity contribution is 6.80. The van der Waals surface area contributed by atoms with Crippen LogP contribution in [0.2, 0.25) is 16.1 Å². The van der Waals surface area contributed by atoms with Crippen LogP contribution >= 0.6 is 0 Å². The van der Waals surface area contributed by atoms with Gasteiger partial charge in [-0.25, -0.2) is 9.59 Å². The Hall–Kier alpha value is -1.10. The first-order valence-electron chi connectivity index (χ1n) is 7.43. The molecular formula is C16H30O4Si. The van der Waals surface area contributed by atoms with E-state index in [9.17, 15) is 9.59 Å². The maximum Gasteiger partial charge on any atom is 0.331 e. The van der Waals surface area contributed by atoms with Crippen LogP contribution in [0.5, 0.6) is 0 Å². The molecule has 0 radical (unpaired) electrons. The molecule has 4 nitrogen and oxygen atoms in total. The van der Waals surface area contributed by atoms with E-state index in [1.54, 1.807) is 0 Å². The number of hydrogen-bond acceptors (Lipinski definition) is 3. The summed E-state index contributed by atoms with van der Waals surface area (Å²) in [6.45, 7) is 17.6. The first kappa shape index (κ1) is 19.9. The number of rotatable bonds is 5. The zero-order chi connectivity index (χ0) is 17.2. The van der Waals surface area contributed by atoms with E-state index in [1.807, 2.05) is 0 Å². The van der Waals surface area contributed by atoms with Gasteiger partial charge in [-0.1, -0.05) is 48.5 Å². The predicted molar refractivity (Wildman–Crippen MR) is 87.8 cm³/mol. The second-order valence-electron chi connectivity index (χ2n) is 7.30. The molecule has 21 heavy (non-hydrogen) atoms. The largest absolute Gasteiger partial charge is 0.515 e. The molecular weight excluding hydrogens is 284 g/mol. The van der Waals surface area contributed by atoms with E-state index in [4.69, 9.17) is 9.53 Å². The molecule has 0 amide bonds. The van der Waals surface area contributed by atoms with Gasteiger partial charge in [0.15, 0.2) is 0 Å². The standard InChI is InChI=1S/C16H30O4Si/c1-10(2)21(11(3)4,16(7,8)9)20-15(19)13(6)12(5)14(17)18/h10-11H,1-9H3,(H,17,18)/b13-12-. The van der Waals surface area contributed by atoms with Crippen molar-refractivity contribution in [1.29, 1.82) is 0 Å². The molecule has 0 aromatic rings. The SMILES string of the molecule is C/C(C(=O)O)=C(\C)C(=O)O[Si](C(C)C)(C(C)C)C(C)(C)C. The second kappa shape index (κ2) is 6.77. The van der Waals surface area contributed by atoms with Crippen LogP contribution < -0.4 is 0 Å². The van der Waals surface area contributed by atoms with E-state index < -0.39 is 20.3 Å². The van der Waals surface area contributed by atoms with Crippen LogP contribution in [-0.4, -0.2) is 25.4 Å². The predicted octanol–water partition coefficient (Wildman–Crippen LogP) is 4.52. The van der Waals surface area contributed by atoms with E-state index in [0.29, 0.717) is 0 Å². The summed E-state index contributed by atoms with van der Waals surface area (Å²) in [4.78, 5) is 23.5. The van der Waals surface area contributed by atoms with Crippen molar-refractivity contribution >= 4 is 20.3 Å². The molecule has 0 fully saturated rings. The van der Waals surface area contributed by atoms with E-state index in [0.717, 1.165) is 0 Å². The number of carboxylic acid groups (broad SMARTS) is 1. The molecule has 0 spiro atoms. The molecule has 0 aliphatic heterocycles. The number of carbonyl (C=O) groups is 2. The monoisotopic (exact) mass is 314 g/mol. The quantitative estimate of drug-likeness (QED) is 0.598. The zero-order valence-corrected chi connectivity index (χ0v) is 15.8. The van der Waals surface area contributed by atoms with Gasteiger partial charge >= 0.3 is 11.9 Å². The van der Waals surface area contributed by atoms with Crippen molar-refractivity contribution in [2.45, 2.75) is 78.4 Å². The Kier molecular flexibility index (Phi) is 6.42. The molecule has 1 N–H and O–H groups in total. The number of carbonyl (C=O) groups excluding carboxylic acids is 1. The molecule has 0 aliphatic rings. The van der Waals surface area contributed by atoms with Crippen molar-refractivity contribution in [2.24, 2.45) is 0 Å². The first-order chi connectivity index (χ1) is 9.29. The average molecular weight is 314 g/mol. The van der Waals surface area contributed by atoms with Crippen molar-refractivity contribution in [1.82, 2.24) is 0 Å². The van der Waals surface area contributed by atoms with Crippen molar-refractivity contribution in [3.63, 3.8) is 0 Å². The van der Waals surface area contributed by atoms with E-state index in [-0.39, 0.29) is 27.3 Å². The highest BCUT2D eigenvalue weighted by atomic mass is 28.4. The van der Waals surface area contributed by atoms with Crippen LogP contribution in [0.3, 0.4) is 0 Å². The summed E-state index contributed by atoms with van der Waals surface area (Å²) in [5.74, 6) is -1.57. The molecule has 0 unspecified atom stereocenters. The van der Waals surface area contributed by atoms with Gasteiger partial charge in [-0.05, 0) is 30.0 Å². The van der Waals surface area contributed by atoms with Gasteiger partial charge in [0.05, 0.1) is 0 Å². The third-order valence-corrected chi connectivity index (χ3v) is 10.6. The average Bonchev–Trinajstić information content (AvgIpc) is 2.30. The summed E-state index contributed by atoms with van der Waals surface area (Å²) in [5.41, 5.74) is 0.730. The number of hydrogen-bond donors (Lipinski definition) is 1. The highest BCUT2D eigenvalue weighted by Gasteiger charge is 2.54. The van der Waals surface area contributed by atoms with Gasteiger partial charge in [-0.15, -0.1) is 0 Å². The summed E-state index contributed by atoms with van der Waals surface area (Å²) in [7, 11) is -2.43. The summed E-state index contributed by atoms with van der Waals surface area (Å²) in [5, 5.41) is 8.90. The Balaban J connectivity index is 5.81. The van der Waals surface area contributed by atoms with Crippen LogP contribution in [0.4, 0.5) is 0 Å². The van der Waals surface area contributed by atoms with Crippen molar-refractivity contribution in [3.8, 4) is 0 Å². The summed E-state index contributed by atoms with van der Waals surface area (Å²) in [6.07, 6.45) is 0. The summed E-state index contributed by atoms with van der Waals surface area (Å²) >= 11 is 0. The van der Waals surface area contributed by atoms with Gasteiger partial charge in [0.25, 0.3) is 8.32 Å². The molecule has 122 valence electrons. The van der Waals surface area contributed by atoms with E-state index in [2.05, 4.69) is 48.5 Å². The Morgan fingerprint density at radius 2 is 1.33 bits per heavy atom. The minimum atomic E-state index is -2.43. The lowest BCUT2D eigenvalue weighted by atomic mass is 10.1. The van der Waals surface area contributed by atoms with E-state index in [1.165, 1.54) is 13.8 Å². The molecule has 0 bridgehead atoms. The maximum atomic E-state index is 12.5. The molecule has 0 rings (SSSR count). The molecule has 0 aromatic carbocycles. The van der Waals surface area contributed by atoms with E-state index >= 15 is 0 Å². The van der Waals surface area contributed by atoms with Crippen molar-refractivity contribution in [3.05, 3.63) is 11.1 Å². The van der Waals surface area contributed by atoms with Crippen LogP contribution in [0.25, 0.3) is 0 Å². The van der Waals surface area contributed by atoms with Crippen molar-refractivity contribution in [2.75, 3.05) is 0 Å². The van der Waals surface area contributed by atoms with Gasteiger partial charge in [-0.2, -0.15) is 0 Å². The van der Waals surface area contributed by atoms with Gasteiger partial charge in [0, 0.05) is 11.1 Å². The van der Waals surface area contributed by atoms with Gasteiger partial charge in [-0.3, -0.25) is 0 Å². The third-order valence-electron chi connectivity index (χ3n) is 4.34. The van der Waals surface area contributed by atoms with Crippen molar-refractivity contribution < 1.29 is 19.1 Å². The third kappa shape index (κ3) is 3.96. The molecule has 0 saturated heterocycles. The van der Waals surface area contributed by atoms with Crippen LogP contribution in [0.1, 0.15) is 62.3 Å². The fourth-order valence-electron chi connectivity index (χ4n) is 3.33. The molecule has 0 aromatic heterocycles. The summed E-state index contributed by atoms with van der Waals surface area (Å²) in [6, 6.07) is 0. The Labute approximate surface area is 129 Å². The van der Waals surface area contributed by atoms with Crippen LogP contribution in [0, 0.1) is 0 Å². The molecule has 0 atom stereocenters. The van der Waals surface area contributed by atoms with Crippen LogP contribution in [0.15, 0.2) is 11.1 Å². The lowest BCUT2D eigenvalue weighted by Crippen LogP contribution is -2.54. The zero-order valence-electron chi connectivity index (χ0n) is 14.8. The second-order valence-corrected chi connectivity index (χ2v) is 12.9. The summed E-state index contributed by atoms with van der Waals surface area (Å²) < 4.78 is 6.04. The van der Waals surface area contributed by atoms with Crippen LogP contribution in [-0.2, 0) is 14.0 Å². The Bertz CT molecular complexity index is 434. The fourth-order valence-corrected chi connectivity index (χ4v) is 9.37. The number of aliphatic carboxylic acids is 1. The van der Waals surface area contributed by atoms with Gasteiger partial charge in [0.2, 0.25) is 0 Å². The first-order valence-corrected chi connectivity index (χ1v) is 9.49. The lowest BCUT2D eigenvalue weighted by Gasteiger charge is -2.47. The minimum Gasteiger partial charge on any atom is -0.515 e. The maximum absolute atomic E-state index is 12.5. The topological polar surface area (TPSA) is 63.6 Å². The normalized spacial score (nSPS) is 14.2. The Morgan fingerprint density at radius 3 is 1.57 bits per heavy atom. The lowest BCUT2D eigenvalue weighted by molar-refractivity contribution is -0.135. The number of carboxylic acids is 1.